The maximum absolute atomic E-state index is 12.9. The van der Waals surface area contributed by atoms with E-state index in [2.05, 4.69) is 27.7 Å². The Morgan fingerprint density at radius 2 is 0.515 bits per heavy atom. The molecule has 0 radical (unpaired) electrons. The summed E-state index contributed by atoms with van der Waals surface area (Å²) in [4.78, 5) is 38.2. The van der Waals surface area contributed by atoms with Gasteiger partial charge in [0.25, 0.3) is 0 Å². The number of carbonyl (C=O) groups excluding carboxylic acids is 3. The number of esters is 3. The van der Waals surface area contributed by atoms with Gasteiger partial charge in [0.2, 0.25) is 0 Å². The molecule has 0 aliphatic heterocycles. The molecule has 0 aliphatic carbocycles. The zero-order valence-corrected chi connectivity index (χ0v) is 46.6. The van der Waals surface area contributed by atoms with E-state index in [1.165, 1.54) is 250 Å². The van der Waals surface area contributed by atoms with Crippen molar-refractivity contribution in [2.45, 2.75) is 361 Å². The molecule has 0 saturated carbocycles. The fraction of sp³-hybridized carbons (Fsp3) is 0.952. The Morgan fingerprint density at radius 3 is 0.765 bits per heavy atom. The number of carbonyl (C=O) groups is 3. The number of hydrogen-bond donors (Lipinski definition) is 0. The molecule has 68 heavy (non-hydrogen) atoms. The lowest BCUT2D eigenvalue weighted by molar-refractivity contribution is -0.167. The van der Waals surface area contributed by atoms with Crippen LogP contribution in [-0.4, -0.2) is 37.2 Å². The second-order valence-electron chi connectivity index (χ2n) is 21.6. The molecule has 6 heteroatoms. The smallest absolute Gasteiger partial charge is 0.306 e. The van der Waals surface area contributed by atoms with Gasteiger partial charge < -0.3 is 14.2 Å². The quantitative estimate of drug-likeness (QED) is 0.0343. The third-order valence-electron chi connectivity index (χ3n) is 14.7. The van der Waals surface area contributed by atoms with E-state index in [0.717, 1.165) is 63.7 Å². The second-order valence-corrected chi connectivity index (χ2v) is 21.6. The molecule has 0 amide bonds. The lowest BCUT2D eigenvalue weighted by Gasteiger charge is -2.18. The molecule has 0 bridgehead atoms. The maximum Gasteiger partial charge on any atom is 0.306 e. The molecule has 0 spiro atoms. The molecular weight excluding hydrogens is 841 g/mol. The van der Waals surface area contributed by atoms with Gasteiger partial charge in [-0.15, -0.1) is 0 Å². The fourth-order valence-corrected chi connectivity index (χ4v) is 9.60. The van der Waals surface area contributed by atoms with E-state index in [1.54, 1.807) is 0 Å². The van der Waals surface area contributed by atoms with Crippen LogP contribution in [0.1, 0.15) is 355 Å². The highest BCUT2D eigenvalue weighted by Gasteiger charge is 2.19. The molecule has 1 unspecified atom stereocenters. The van der Waals surface area contributed by atoms with Crippen molar-refractivity contribution in [2.75, 3.05) is 13.2 Å². The molecule has 0 N–H and O–H groups in total. The molecule has 0 saturated heterocycles. The Labute approximate surface area is 425 Å². The summed E-state index contributed by atoms with van der Waals surface area (Å²) in [6.45, 7) is 9.07. The van der Waals surface area contributed by atoms with Gasteiger partial charge in [-0.3, -0.25) is 14.4 Å². The van der Waals surface area contributed by atoms with Crippen molar-refractivity contribution < 1.29 is 28.6 Å². The van der Waals surface area contributed by atoms with Crippen LogP contribution in [0.3, 0.4) is 0 Å². The van der Waals surface area contributed by atoms with Crippen molar-refractivity contribution in [3.63, 3.8) is 0 Å². The lowest BCUT2D eigenvalue weighted by Crippen LogP contribution is -2.30. The predicted octanol–water partition coefficient (Wildman–Crippen LogP) is 20.6. The van der Waals surface area contributed by atoms with Crippen molar-refractivity contribution in [3.05, 3.63) is 0 Å². The summed E-state index contributed by atoms with van der Waals surface area (Å²) in [6.07, 6.45) is 62.4. The monoisotopic (exact) mass is 961 g/mol. The summed E-state index contributed by atoms with van der Waals surface area (Å²) < 4.78 is 16.9. The van der Waals surface area contributed by atoms with Crippen LogP contribution in [0.5, 0.6) is 0 Å². The van der Waals surface area contributed by atoms with Gasteiger partial charge in [0.1, 0.15) is 13.2 Å². The highest BCUT2D eigenvalue weighted by Crippen LogP contribution is 2.19. The van der Waals surface area contributed by atoms with Crippen LogP contribution in [0.2, 0.25) is 0 Å². The van der Waals surface area contributed by atoms with Gasteiger partial charge in [-0.1, -0.05) is 317 Å². The Kier molecular flexibility index (Phi) is 55.0. The average molecular weight is 962 g/mol. The van der Waals surface area contributed by atoms with Gasteiger partial charge in [-0.05, 0) is 25.2 Å². The topological polar surface area (TPSA) is 78.9 Å². The molecule has 0 heterocycles. The van der Waals surface area contributed by atoms with Crippen LogP contribution < -0.4 is 0 Å². The lowest BCUT2D eigenvalue weighted by atomic mass is 9.99. The van der Waals surface area contributed by atoms with E-state index in [-0.39, 0.29) is 31.1 Å². The third kappa shape index (κ3) is 53.8. The molecule has 404 valence electrons. The van der Waals surface area contributed by atoms with E-state index in [4.69, 9.17) is 14.2 Å². The van der Waals surface area contributed by atoms with Gasteiger partial charge >= 0.3 is 17.9 Å². The largest absolute Gasteiger partial charge is 0.462 e. The zero-order chi connectivity index (χ0) is 49.5. The summed E-state index contributed by atoms with van der Waals surface area (Å²) in [6, 6.07) is 0. The first-order valence-corrected chi connectivity index (χ1v) is 30.9. The first-order chi connectivity index (χ1) is 33.4. The normalized spacial score (nSPS) is 12.4. The minimum atomic E-state index is -0.763. The number of ether oxygens (including phenoxy) is 3. The highest BCUT2D eigenvalue weighted by atomic mass is 16.6. The van der Waals surface area contributed by atoms with Crippen LogP contribution in [0, 0.1) is 5.92 Å². The summed E-state index contributed by atoms with van der Waals surface area (Å²) in [7, 11) is 0. The summed E-state index contributed by atoms with van der Waals surface area (Å²) in [5.74, 6) is 0.0140. The van der Waals surface area contributed by atoms with E-state index in [9.17, 15) is 14.4 Å². The molecule has 2 atom stereocenters. The van der Waals surface area contributed by atoms with Gasteiger partial charge in [0.15, 0.2) is 6.10 Å². The van der Waals surface area contributed by atoms with Crippen molar-refractivity contribution in [1.29, 1.82) is 0 Å². The third-order valence-corrected chi connectivity index (χ3v) is 14.7. The molecule has 0 aliphatic rings. The van der Waals surface area contributed by atoms with Crippen LogP contribution >= 0.6 is 0 Å². The van der Waals surface area contributed by atoms with E-state index >= 15 is 0 Å². The van der Waals surface area contributed by atoms with Crippen molar-refractivity contribution in [1.82, 2.24) is 0 Å². The fourth-order valence-electron chi connectivity index (χ4n) is 9.60. The van der Waals surface area contributed by atoms with Gasteiger partial charge in [0, 0.05) is 19.3 Å². The second kappa shape index (κ2) is 56.3. The predicted molar refractivity (Wildman–Crippen MR) is 293 cm³/mol. The van der Waals surface area contributed by atoms with Crippen LogP contribution in [0.25, 0.3) is 0 Å². The summed E-state index contributed by atoms with van der Waals surface area (Å²) in [5.41, 5.74) is 0. The van der Waals surface area contributed by atoms with Gasteiger partial charge in [-0.2, -0.15) is 0 Å². The van der Waals surface area contributed by atoms with E-state index < -0.39 is 6.10 Å². The molecule has 6 nitrogen and oxygen atoms in total. The molecule has 0 rings (SSSR count). The van der Waals surface area contributed by atoms with Crippen molar-refractivity contribution >= 4 is 17.9 Å². The van der Waals surface area contributed by atoms with E-state index in [0.29, 0.717) is 19.3 Å². The minimum Gasteiger partial charge on any atom is -0.462 e. The molecule has 0 aromatic rings. The maximum atomic E-state index is 12.9. The first kappa shape index (κ1) is 66.4. The molecule has 0 aromatic heterocycles. The SMILES string of the molecule is CCCCCCCCCCCCCCCCCCCCCC(=O)OC[C@@H](COC(=O)CCCCCCCCCCC(C)CC)OC(=O)CCCCCCCCCCCCCCCCCCCCC. The minimum absolute atomic E-state index is 0.0620. The van der Waals surface area contributed by atoms with Crippen LogP contribution in [-0.2, 0) is 28.6 Å². The van der Waals surface area contributed by atoms with Crippen LogP contribution in [0.4, 0.5) is 0 Å². The first-order valence-electron chi connectivity index (χ1n) is 30.9. The Morgan fingerprint density at radius 1 is 0.294 bits per heavy atom. The van der Waals surface area contributed by atoms with Crippen molar-refractivity contribution in [2.24, 2.45) is 5.92 Å². The summed E-state index contributed by atoms with van der Waals surface area (Å²) >= 11 is 0. The Bertz CT molecular complexity index is 1030. The molecule has 0 fully saturated rings. The van der Waals surface area contributed by atoms with Gasteiger partial charge in [-0.25, -0.2) is 0 Å². The van der Waals surface area contributed by atoms with Crippen molar-refractivity contribution in [3.8, 4) is 0 Å². The Balaban J connectivity index is 4.25. The summed E-state index contributed by atoms with van der Waals surface area (Å²) in [5, 5.41) is 0. The Hall–Kier alpha value is -1.59. The zero-order valence-electron chi connectivity index (χ0n) is 46.6. The highest BCUT2D eigenvalue weighted by molar-refractivity contribution is 5.71. The van der Waals surface area contributed by atoms with Gasteiger partial charge in [0.05, 0.1) is 0 Å². The number of hydrogen-bond acceptors (Lipinski definition) is 6. The van der Waals surface area contributed by atoms with Crippen LogP contribution in [0.15, 0.2) is 0 Å². The molecular formula is C62H120O6. The van der Waals surface area contributed by atoms with E-state index in [1.807, 2.05) is 0 Å². The average Bonchev–Trinajstić information content (AvgIpc) is 3.34. The molecule has 0 aromatic carbocycles. The number of rotatable bonds is 57. The number of unbranched alkanes of at least 4 members (excludes halogenated alkanes) is 43. The standard InChI is InChI=1S/C62H120O6/c1-5-8-10-12-14-16-18-20-22-24-26-28-30-32-34-36-41-45-49-53-60(63)66-56-59(57-67-61(64)54-50-46-42-39-38-40-44-48-52-58(4)7-3)68-62(65)55-51-47-43-37-35-33-31-29-27-25-23-21-19-17-15-13-11-9-6-2/h58-59H,5-57H2,1-4H3/t58?,59-/m0/s1.